The van der Waals surface area contributed by atoms with E-state index in [1.54, 1.807) is 4.90 Å². The van der Waals surface area contributed by atoms with Crippen molar-refractivity contribution in [2.45, 2.75) is 0 Å². The number of likely N-dealkylation sites (N-methyl/N-ethyl adjacent to an activating group) is 1. The highest BCUT2D eigenvalue weighted by Gasteiger charge is 2.31. The van der Waals surface area contributed by atoms with Gasteiger partial charge in [0.2, 0.25) is 5.91 Å². The van der Waals surface area contributed by atoms with Crippen LogP contribution in [0.25, 0.3) is 0 Å². The highest BCUT2D eigenvalue weighted by Crippen LogP contribution is 2.25. The Hall–Kier alpha value is -1.31. The predicted molar refractivity (Wildman–Crippen MR) is 47.5 cm³/mol. The average Bonchev–Trinajstić information content (AvgIpc) is 2.30. The summed E-state index contributed by atoms with van der Waals surface area (Å²) in [6.07, 6.45) is 9.87. The molecule has 1 aliphatic carbocycles. The molecule has 0 spiro atoms. The number of amides is 1. The van der Waals surface area contributed by atoms with Gasteiger partial charge in [-0.05, 0) is 5.57 Å². The van der Waals surface area contributed by atoms with Gasteiger partial charge in [0.05, 0.1) is 5.92 Å². The minimum absolute atomic E-state index is 0.00463. The Morgan fingerprint density at radius 1 is 1.42 bits per heavy atom. The van der Waals surface area contributed by atoms with Crippen LogP contribution in [0.1, 0.15) is 0 Å². The highest BCUT2D eigenvalue weighted by molar-refractivity contribution is 5.87. The number of allylic oxidation sites excluding steroid dienone is 4. The Morgan fingerprint density at radius 2 is 2.25 bits per heavy atom. The minimum Gasteiger partial charge on any atom is -0.341 e. The summed E-state index contributed by atoms with van der Waals surface area (Å²) in [5.41, 5.74) is 1.20. The molecule has 1 fully saturated rings. The molecule has 0 aromatic rings. The average molecular weight is 161 g/mol. The van der Waals surface area contributed by atoms with Crippen molar-refractivity contribution in [2.24, 2.45) is 5.92 Å². The van der Waals surface area contributed by atoms with Gasteiger partial charge in [0.25, 0.3) is 0 Å². The van der Waals surface area contributed by atoms with Crippen LogP contribution in [0, 0.1) is 5.92 Å². The molecule has 0 aromatic heterocycles. The summed E-state index contributed by atoms with van der Waals surface area (Å²) in [5, 5.41) is 0. The summed E-state index contributed by atoms with van der Waals surface area (Å²) in [7, 11) is 1.84. The third-order valence-corrected chi connectivity index (χ3v) is 2.30. The summed E-state index contributed by atoms with van der Waals surface area (Å²) in [6, 6.07) is 0. The Labute approximate surface area is 71.9 Å². The number of rotatable bonds is 0. The third-order valence-electron chi connectivity index (χ3n) is 2.30. The van der Waals surface area contributed by atoms with Gasteiger partial charge >= 0.3 is 0 Å². The lowest BCUT2D eigenvalue weighted by atomic mass is 10.0. The van der Waals surface area contributed by atoms with Crippen LogP contribution >= 0.6 is 0 Å². The third kappa shape index (κ3) is 0.998. The number of carbonyl (C=O) groups excluding carboxylic acids is 1. The molecule has 2 aliphatic rings. The first-order valence-corrected chi connectivity index (χ1v) is 4.08. The van der Waals surface area contributed by atoms with Gasteiger partial charge in [-0.1, -0.05) is 30.4 Å². The lowest BCUT2D eigenvalue weighted by Crippen LogP contribution is -2.21. The van der Waals surface area contributed by atoms with Gasteiger partial charge in [-0.3, -0.25) is 4.79 Å². The predicted octanol–water partition coefficient (Wildman–Crippen LogP) is 1.13. The number of fused-ring (bicyclic) bond motifs is 1. The van der Waals surface area contributed by atoms with Crippen molar-refractivity contribution in [2.75, 3.05) is 13.6 Å². The Kier molecular flexibility index (Phi) is 1.61. The van der Waals surface area contributed by atoms with Gasteiger partial charge in [-0.25, -0.2) is 0 Å². The molecular formula is C10H11NO. The van der Waals surface area contributed by atoms with E-state index in [1.165, 1.54) is 5.57 Å². The molecule has 2 heteroatoms. The molecule has 1 aliphatic heterocycles. The summed E-state index contributed by atoms with van der Waals surface area (Å²) < 4.78 is 0. The van der Waals surface area contributed by atoms with E-state index in [2.05, 4.69) is 0 Å². The molecule has 0 bridgehead atoms. The monoisotopic (exact) mass is 161 g/mol. The first-order chi connectivity index (χ1) is 5.79. The standard InChI is InChI=1S/C10H11NO/c1-11-7-8-5-3-2-4-6-9(8)10(11)12/h2-6,9H,7H2,1H3. The van der Waals surface area contributed by atoms with Crippen molar-refractivity contribution in [3.8, 4) is 0 Å². The van der Waals surface area contributed by atoms with Crippen LogP contribution in [0.3, 0.4) is 0 Å². The Morgan fingerprint density at radius 3 is 3.08 bits per heavy atom. The second-order valence-electron chi connectivity index (χ2n) is 3.18. The zero-order valence-electron chi connectivity index (χ0n) is 7.03. The second-order valence-corrected chi connectivity index (χ2v) is 3.18. The van der Waals surface area contributed by atoms with Gasteiger partial charge in [-0.15, -0.1) is 0 Å². The van der Waals surface area contributed by atoms with E-state index >= 15 is 0 Å². The molecule has 2 nitrogen and oxygen atoms in total. The normalized spacial score (nSPS) is 27.1. The molecule has 1 heterocycles. The zero-order chi connectivity index (χ0) is 8.55. The number of hydrogen-bond acceptors (Lipinski definition) is 1. The number of likely N-dealkylation sites (tertiary alicyclic amines) is 1. The van der Waals surface area contributed by atoms with Crippen LogP contribution in [-0.4, -0.2) is 24.4 Å². The lowest BCUT2D eigenvalue weighted by Gasteiger charge is -2.05. The van der Waals surface area contributed by atoms with Crippen LogP contribution in [-0.2, 0) is 4.79 Å². The smallest absolute Gasteiger partial charge is 0.233 e. The van der Waals surface area contributed by atoms with Crippen molar-refractivity contribution in [1.82, 2.24) is 4.90 Å². The number of nitrogens with zero attached hydrogens (tertiary/aromatic N) is 1. The molecule has 1 unspecified atom stereocenters. The van der Waals surface area contributed by atoms with Crippen LogP contribution in [0.2, 0.25) is 0 Å². The molecule has 0 saturated carbocycles. The van der Waals surface area contributed by atoms with E-state index in [9.17, 15) is 4.79 Å². The van der Waals surface area contributed by atoms with Crippen LogP contribution in [0.5, 0.6) is 0 Å². The van der Waals surface area contributed by atoms with Crippen molar-refractivity contribution in [1.29, 1.82) is 0 Å². The maximum atomic E-state index is 11.5. The molecule has 0 radical (unpaired) electrons. The quantitative estimate of drug-likeness (QED) is 0.521. The molecular weight excluding hydrogens is 150 g/mol. The van der Waals surface area contributed by atoms with E-state index in [4.69, 9.17) is 0 Å². The maximum absolute atomic E-state index is 11.5. The summed E-state index contributed by atoms with van der Waals surface area (Å²) in [4.78, 5) is 13.3. The first kappa shape index (κ1) is 7.35. The fourth-order valence-electron chi connectivity index (χ4n) is 1.63. The molecule has 62 valence electrons. The van der Waals surface area contributed by atoms with Crippen molar-refractivity contribution < 1.29 is 4.79 Å². The molecule has 2 rings (SSSR count). The van der Waals surface area contributed by atoms with Crippen molar-refractivity contribution in [3.63, 3.8) is 0 Å². The second kappa shape index (κ2) is 2.63. The van der Waals surface area contributed by atoms with Crippen molar-refractivity contribution >= 4 is 5.91 Å². The van der Waals surface area contributed by atoms with Crippen LogP contribution in [0.15, 0.2) is 36.0 Å². The van der Waals surface area contributed by atoms with Gasteiger partial charge < -0.3 is 4.90 Å². The summed E-state index contributed by atoms with van der Waals surface area (Å²) in [6.45, 7) is 0.776. The Bertz CT molecular complexity index is 299. The van der Waals surface area contributed by atoms with E-state index in [0.29, 0.717) is 0 Å². The largest absolute Gasteiger partial charge is 0.341 e. The van der Waals surface area contributed by atoms with Crippen LogP contribution < -0.4 is 0 Å². The minimum atomic E-state index is 0.00463. The van der Waals surface area contributed by atoms with Crippen molar-refractivity contribution in [3.05, 3.63) is 36.0 Å². The highest BCUT2D eigenvalue weighted by atomic mass is 16.2. The fourth-order valence-corrected chi connectivity index (χ4v) is 1.63. The fraction of sp³-hybridized carbons (Fsp3) is 0.300. The van der Waals surface area contributed by atoms with E-state index in [1.807, 2.05) is 37.4 Å². The van der Waals surface area contributed by atoms with E-state index in [0.717, 1.165) is 6.54 Å². The summed E-state index contributed by atoms with van der Waals surface area (Å²) >= 11 is 0. The molecule has 1 saturated heterocycles. The SMILES string of the molecule is CN1CC2=CC=CC=CC2C1=O. The van der Waals surface area contributed by atoms with Gasteiger partial charge in [-0.2, -0.15) is 0 Å². The topological polar surface area (TPSA) is 20.3 Å². The summed E-state index contributed by atoms with van der Waals surface area (Å²) in [5.74, 6) is 0.214. The van der Waals surface area contributed by atoms with Gasteiger partial charge in [0.15, 0.2) is 0 Å². The number of hydrogen-bond donors (Lipinski definition) is 0. The first-order valence-electron chi connectivity index (χ1n) is 4.08. The van der Waals surface area contributed by atoms with Crippen LogP contribution in [0.4, 0.5) is 0 Å². The zero-order valence-corrected chi connectivity index (χ0v) is 7.03. The van der Waals surface area contributed by atoms with Gasteiger partial charge in [0, 0.05) is 13.6 Å². The molecule has 1 atom stereocenters. The number of carbonyl (C=O) groups is 1. The molecule has 1 amide bonds. The van der Waals surface area contributed by atoms with E-state index in [-0.39, 0.29) is 11.8 Å². The molecule has 12 heavy (non-hydrogen) atoms. The Balaban J connectivity index is 2.37. The molecule has 0 aromatic carbocycles. The van der Waals surface area contributed by atoms with Gasteiger partial charge in [0.1, 0.15) is 0 Å². The lowest BCUT2D eigenvalue weighted by molar-refractivity contribution is -0.128. The molecule has 0 N–H and O–H groups in total. The maximum Gasteiger partial charge on any atom is 0.233 e. The van der Waals surface area contributed by atoms with E-state index < -0.39 is 0 Å².